The lowest BCUT2D eigenvalue weighted by atomic mass is 9.67. The summed E-state index contributed by atoms with van der Waals surface area (Å²) >= 11 is 0. The van der Waals surface area contributed by atoms with Gasteiger partial charge in [0.2, 0.25) is 0 Å². The van der Waals surface area contributed by atoms with Gasteiger partial charge in [0, 0.05) is 22.3 Å². The number of epoxide rings is 2. The second-order valence-electron chi connectivity index (χ2n) is 27.3. The number of benzene rings is 2. The Morgan fingerprint density at radius 2 is 0.656 bits per heavy atom. The van der Waals surface area contributed by atoms with Crippen molar-refractivity contribution >= 4 is 0 Å². The minimum atomic E-state index is -0.0962. The minimum Gasteiger partial charge on any atom is -0.493 e. The molecule has 0 amide bonds. The van der Waals surface area contributed by atoms with Crippen molar-refractivity contribution in [3.63, 3.8) is 0 Å². The van der Waals surface area contributed by atoms with Crippen molar-refractivity contribution in [2.24, 2.45) is 21.7 Å². The topological polar surface area (TPSA) is 43.5 Å². The lowest BCUT2D eigenvalue weighted by Crippen LogP contribution is -2.30. The molecular formula is C57H96O4. The fraction of sp³-hybridized carbons (Fsp3) is 0.789. The highest BCUT2D eigenvalue weighted by atomic mass is 16.6. The molecule has 0 spiro atoms. The van der Waals surface area contributed by atoms with E-state index in [0.29, 0.717) is 12.2 Å². The van der Waals surface area contributed by atoms with Crippen molar-refractivity contribution in [1.82, 2.24) is 0 Å². The Labute approximate surface area is 377 Å². The predicted octanol–water partition coefficient (Wildman–Crippen LogP) is 16.0. The summed E-state index contributed by atoms with van der Waals surface area (Å²) in [6.45, 7) is 51.6. The lowest BCUT2D eigenvalue weighted by molar-refractivity contribution is 0.246. The van der Waals surface area contributed by atoms with E-state index in [2.05, 4.69) is 163 Å². The first-order valence-electron chi connectivity index (χ1n) is 24.5. The fourth-order valence-electron chi connectivity index (χ4n) is 11.6. The molecule has 2 aliphatic rings. The van der Waals surface area contributed by atoms with Crippen LogP contribution in [0.2, 0.25) is 0 Å². The van der Waals surface area contributed by atoms with Crippen LogP contribution >= 0.6 is 0 Å². The van der Waals surface area contributed by atoms with E-state index >= 15 is 0 Å². The molecule has 4 nitrogen and oxygen atoms in total. The zero-order valence-corrected chi connectivity index (χ0v) is 43.7. The molecule has 4 rings (SSSR count). The van der Waals surface area contributed by atoms with Crippen LogP contribution in [0.15, 0.2) is 24.3 Å². The van der Waals surface area contributed by atoms with Crippen LogP contribution in [0.4, 0.5) is 0 Å². The highest BCUT2D eigenvalue weighted by molar-refractivity contribution is 5.55. The van der Waals surface area contributed by atoms with Gasteiger partial charge in [-0.3, -0.25) is 0 Å². The Morgan fingerprint density at radius 3 is 0.869 bits per heavy atom. The van der Waals surface area contributed by atoms with Crippen molar-refractivity contribution in [3.05, 3.63) is 57.6 Å². The molecule has 2 unspecified atom stereocenters. The summed E-state index contributed by atoms with van der Waals surface area (Å²) in [6, 6.07) is 10.2. The van der Waals surface area contributed by atoms with Gasteiger partial charge in [-0.2, -0.15) is 0 Å². The van der Waals surface area contributed by atoms with E-state index < -0.39 is 0 Å². The van der Waals surface area contributed by atoms with Crippen LogP contribution in [0.1, 0.15) is 236 Å². The van der Waals surface area contributed by atoms with Gasteiger partial charge in [-0.25, -0.2) is 0 Å². The molecule has 0 N–H and O–H groups in total. The van der Waals surface area contributed by atoms with Gasteiger partial charge in [0.15, 0.2) is 0 Å². The standard InChI is InChI=1S/C57H96O4/c1-50(2,3)36-54(13,14)44-30-40(31-45(55(15,16)37-51(4,5)6)48(44)58-27-23-21-25-42-34-60-42)29-41-32-46(56(17,18)38-52(7,8)9)49(59-28-24-22-26-43-35-61-43)47(33-41)57(19,20)39-53(10,11)12/h30-33,42-43H,21-29,34-39H2,1-20H3. The molecule has 2 heterocycles. The molecule has 0 bridgehead atoms. The van der Waals surface area contributed by atoms with E-state index in [0.717, 1.165) is 109 Å². The molecule has 0 aliphatic carbocycles. The summed E-state index contributed by atoms with van der Waals surface area (Å²) in [5, 5.41) is 0. The maximum Gasteiger partial charge on any atom is 0.126 e. The highest BCUT2D eigenvalue weighted by Gasteiger charge is 2.39. The summed E-state index contributed by atoms with van der Waals surface area (Å²) in [5.74, 6) is 2.26. The monoisotopic (exact) mass is 845 g/mol. The van der Waals surface area contributed by atoms with Crippen LogP contribution in [0, 0.1) is 21.7 Å². The van der Waals surface area contributed by atoms with E-state index in [9.17, 15) is 0 Å². The van der Waals surface area contributed by atoms with Gasteiger partial charge in [-0.05, 0) is 125 Å². The van der Waals surface area contributed by atoms with Crippen LogP contribution in [0.5, 0.6) is 11.5 Å². The molecule has 2 aromatic carbocycles. The minimum absolute atomic E-state index is 0.0962. The third kappa shape index (κ3) is 16.8. The van der Waals surface area contributed by atoms with E-state index in [1.54, 1.807) is 0 Å². The van der Waals surface area contributed by atoms with Crippen molar-refractivity contribution in [2.75, 3.05) is 26.4 Å². The summed E-state index contributed by atoms with van der Waals surface area (Å²) in [5.41, 5.74) is 8.45. The van der Waals surface area contributed by atoms with E-state index in [-0.39, 0.29) is 43.3 Å². The molecule has 61 heavy (non-hydrogen) atoms. The molecule has 2 aliphatic heterocycles. The average molecular weight is 845 g/mol. The van der Waals surface area contributed by atoms with Gasteiger partial charge in [-0.15, -0.1) is 0 Å². The molecular weight excluding hydrogens is 749 g/mol. The number of rotatable bonds is 22. The molecule has 2 atom stereocenters. The van der Waals surface area contributed by atoms with Crippen molar-refractivity contribution in [2.45, 2.75) is 243 Å². The van der Waals surface area contributed by atoms with Gasteiger partial charge in [0.1, 0.15) is 11.5 Å². The van der Waals surface area contributed by atoms with E-state index in [1.165, 1.54) is 33.4 Å². The predicted molar refractivity (Wildman–Crippen MR) is 262 cm³/mol. The maximum absolute atomic E-state index is 7.12. The molecule has 2 aromatic rings. The van der Waals surface area contributed by atoms with Crippen molar-refractivity contribution in [1.29, 1.82) is 0 Å². The first-order valence-corrected chi connectivity index (χ1v) is 24.5. The van der Waals surface area contributed by atoms with Gasteiger partial charge in [-0.1, -0.05) is 163 Å². The van der Waals surface area contributed by atoms with Gasteiger partial charge in [0.25, 0.3) is 0 Å². The fourth-order valence-corrected chi connectivity index (χ4v) is 11.6. The summed E-state index contributed by atoms with van der Waals surface area (Å²) in [4.78, 5) is 0. The first kappa shape index (κ1) is 51.6. The Hall–Kier alpha value is -2.04. The molecule has 0 aromatic heterocycles. The number of hydrogen-bond donors (Lipinski definition) is 0. The smallest absolute Gasteiger partial charge is 0.126 e. The first-order chi connectivity index (χ1) is 27.7. The van der Waals surface area contributed by atoms with Crippen LogP contribution in [0.25, 0.3) is 0 Å². The molecule has 348 valence electrons. The summed E-state index contributed by atoms with van der Waals surface area (Å²) in [6.07, 6.45) is 12.7. The molecule has 4 heteroatoms. The highest BCUT2D eigenvalue weighted by Crippen LogP contribution is 2.50. The quantitative estimate of drug-likeness (QED) is 0.0875. The normalized spacial score (nSPS) is 18.1. The Morgan fingerprint density at radius 1 is 0.410 bits per heavy atom. The SMILES string of the molecule is CC(C)(C)CC(C)(C)c1cc(Cc2cc(C(C)(C)CC(C)(C)C)c(OCCCCC3CO3)c(C(C)(C)CC(C)(C)C)c2)cc(C(C)(C)CC(C)(C)C)c1OCCCCC1CO1. The molecule has 2 fully saturated rings. The number of ether oxygens (including phenoxy) is 4. The van der Waals surface area contributed by atoms with E-state index in [1.807, 2.05) is 0 Å². The number of unbranched alkanes of at least 4 members (excludes halogenated alkanes) is 2. The third-order valence-electron chi connectivity index (χ3n) is 12.6. The molecule has 2 saturated heterocycles. The third-order valence-corrected chi connectivity index (χ3v) is 12.6. The van der Waals surface area contributed by atoms with E-state index in [4.69, 9.17) is 18.9 Å². The van der Waals surface area contributed by atoms with Crippen molar-refractivity contribution in [3.8, 4) is 11.5 Å². The Bertz CT molecular complexity index is 1490. The zero-order chi connectivity index (χ0) is 46.0. The van der Waals surface area contributed by atoms with Gasteiger partial charge < -0.3 is 18.9 Å². The van der Waals surface area contributed by atoms with Crippen LogP contribution in [-0.2, 0) is 37.6 Å². The summed E-state index contributed by atoms with van der Waals surface area (Å²) in [7, 11) is 0. The van der Waals surface area contributed by atoms with Crippen LogP contribution in [-0.4, -0.2) is 38.6 Å². The molecule has 0 saturated carbocycles. The van der Waals surface area contributed by atoms with Crippen LogP contribution < -0.4 is 9.47 Å². The van der Waals surface area contributed by atoms with Gasteiger partial charge in [0.05, 0.1) is 38.6 Å². The lowest BCUT2D eigenvalue weighted by Gasteiger charge is -2.39. The molecule has 0 radical (unpaired) electrons. The number of hydrogen-bond acceptors (Lipinski definition) is 4. The largest absolute Gasteiger partial charge is 0.493 e. The Kier molecular flexibility index (Phi) is 16.2. The maximum atomic E-state index is 7.12. The summed E-state index contributed by atoms with van der Waals surface area (Å²) < 4.78 is 25.3. The van der Waals surface area contributed by atoms with Crippen LogP contribution in [0.3, 0.4) is 0 Å². The second kappa shape index (κ2) is 19.2. The Balaban J connectivity index is 1.95. The van der Waals surface area contributed by atoms with Gasteiger partial charge >= 0.3 is 0 Å². The average Bonchev–Trinajstić information content (AvgIpc) is 3.97. The second-order valence-corrected chi connectivity index (χ2v) is 27.3. The van der Waals surface area contributed by atoms with Crippen molar-refractivity contribution < 1.29 is 18.9 Å². The zero-order valence-electron chi connectivity index (χ0n) is 43.7.